The molecular weight excluding hydrogens is 366 g/mol. The van der Waals surface area contributed by atoms with Crippen molar-refractivity contribution in [2.75, 3.05) is 0 Å². The Labute approximate surface area is 130 Å². The molecule has 0 aliphatic rings. The van der Waals surface area contributed by atoms with Gasteiger partial charge in [-0.3, -0.25) is 4.68 Å². The van der Waals surface area contributed by atoms with E-state index in [4.69, 9.17) is 0 Å². The van der Waals surface area contributed by atoms with Crippen molar-refractivity contribution < 1.29 is 4.39 Å². The maximum atomic E-state index is 13.6. The van der Waals surface area contributed by atoms with Gasteiger partial charge in [-0.05, 0) is 46.4 Å². The van der Waals surface area contributed by atoms with Gasteiger partial charge in [0, 0.05) is 20.9 Å². The van der Waals surface area contributed by atoms with Crippen molar-refractivity contribution in [1.29, 1.82) is 0 Å². The molecule has 1 heterocycles. The zero-order valence-electron chi connectivity index (χ0n) is 10.6. The molecule has 0 aliphatic carbocycles. The van der Waals surface area contributed by atoms with E-state index in [9.17, 15) is 4.39 Å². The molecule has 0 saturated heterocycles. The summed E-state index contributed by atoms with van der Waals surface area (Å²) in [6.45, 7) is 0.442. The Morgan fingerprint density at radius 2 is 1.75 bits per heavy atom. The second-order valence-corrected chi connectivity index (χ2v) is 5.77. The molecule has 0 radical (unpaired) electrons. The Hall–Kier alpha value is -1.69. The highest BCUT2D eigenvalue weighted by atomic mass is 127. The summed E-state index contributed by atoms with van der Waals surface area (Å²) in [7, 11) is 0. The van der Waals surface area contributed by atoms with Crippen LogP contribution in [-0.2, 0) is 6.54 Å². The lowest BCUT2D eigenvalue weighted by molar-refractivity contribution is 0.585. The lowest BCUT2D eigenvalue weighted by Crippen LogP contribution is -2.01. The van der Waals surface area contributed by atoms with Gasteiger partial charge in [0.05, 0.1) is 12.7 Å². The number of hydrogen-bond acceptors (Lipinski definition) is 1. The number of aromatic nitrogens is 2. The third-order valence-electron chi connectivity index (χ3n) is 3.10. The fourth-order valence-corrected chi connectivity index (χ4v) is 2.40. The van der Waals surface area contributed by atoms with Gasteiger partial charge >= 0.3 is 0 Å². The Balaban J connectivity index is 1.84. The van der Waals surface area contributed by atoms with Gasteiger partial charge in [0.25, 0.3) is 0 Å². The Bertz CT molecular complexity index is 719. The normalized spacial score (nSPS) is 10.7. The predicted octanol–water partition coefficient (Wildman–Crippen LogP) is 4.34. The summed E-state index contributed by atoms with van der Waals surface area (Å²) in [5.74, 6) is -0.196. The molecule has 2 aromatic carbocycles. The minimum atomic E-state index is -0.196. The van der Waals surface area contributed by atoms with Gasteiger partial charge in [-0.15, -0.1) is 0 Å². The highest BCUT2D eigenvalue weighted by Crippen LogP contribution is 2.20. The quantitative estimate of drug-likeness (QED) is 0.620. The van der Waals surface area contributed by atoms with Crippen LogP contribution in [0, 0.1) is 9.39 Å². The SMILES string of the molecule is Fc1ccccc1Cn1cc(-c2ccc(I)cc2)cn1. The third-order valence-corrected chi connectivity index (χ3v) is 3.82. The van der Waals surface area contributed by atoms with Crippen LogP contribution in [0.25, 0.3) is 11.1 Å². The van der Waals surface area contributed by atoms with Crippen LogP contribution in [0.3, 0.4) is 0 Å². The zero-order chi connectivity index (χ0) is 13.9. The lowest BCUT2D eigenvalue weighted by Gasteiger charge is -2.03. The van der Waals surface area contributed by atoms with Gasteiger partial charge in [-0.1, -0.05) is 30.3 Å². The average molecular weight is 378 g/mol. The van der Waals surface area contributed by atoms with Gasteiger partial charge in [0.1, 0.15) is 5.82 Å². The van der Waals surface area contributed by atoms with E-state index in [-0.39, 0.29) is 5.82 Å². The maximum absolute atomic E-state index is 13.6. The number of rotatable bonds is 3. The molecule has 0 saturated carbocycles. The molecule has 0 unspecified atom stereocenters. The second kappa shape index (κ2) is 5.75. The monoisotopic (exact) mass is 378 g/mol. The Kier molecular flexibility index (Phi) is 3.82. The largest absolute Gasteiger partial charge is 0.268 e. The fraction of sp³-hybridized carbons (Fsp3) is 0.0625. The average Bonchev–Trinajstić information content (AvgIpc) is 2.91. The number of halogens is 2. The molecular formula is C16H12FIN2. The Morgan fingerprint density at radius 1 is 1.00 bits per heavy atom. The van der Waals surface area contributed by atoms with Crippen molar-refractivity contribution in [2.45, 2.75) is 6.54 Å². The highest BCUT2D eigenvalue weighted by Gasteiger charge is 2.05. The lowest BCUT2D eigenvalue weighted by atomic mass is 10.1. The van der Waals surface area contributed by atoms with Crippen LogP contribution in [0.1, 0.15) is 5.56 Å². The van der Waals surface area contributed by atoms with E-state index in [1.807, 2.05) is 18.5 Å². The number of benzene rings is 2. The minimum absolute atomic E-state index is 0.196. The molecule has 4 heteroatoms. The highest BCUT2D eigenvalue weighted by molar-refractivity contribution is 14.1. The van der Waals surface area contributed by atoms with E-state index in [0.29, 0.717) is 12.1 Å². The van der Waals surface area contributed by atoms with E-state index in [1.165, 1.54) is 9.64 Å². The second-order valence-electron chi connectivity index (χ2n) is 4.52. The first-order chi connectivity index (χ1) is 9.72. The van der Waals surface area contributed by atoms with E-state index in [2.05, 4.69) is 52.0 Å². The summed E-state index contributed by atoms with van der Waals surface area (Å²) < 4.78 is 16.6. The standard InChI is InChI=1S/C16H12FIN2/c17-16-4-2-1-3-13(16)10-20-11-14(9-19-20)12-5-7-15(18)8-6-12/h1-9,11H,10H2. The molecule has 0 amide bonds. The molecule has 0 aliphatic heterocycles. The van der Waals surface area contributed by atoms with E-state index in [0.717, 1.165) is 11.1 Å². The van der Waals surface area contributed by atoms with E-state index in [1.54, 1.807) is 16.8 Å². The van der Waals surface area contributed by atoms with Crippen molar-refractivity contribution in [3.05, 3.63) is 75.9 Å². The van der Waals surface area contributed by atoms with Crippen molar-refractivity contribution >= 4 is 22.6 Å². The van der Waals surface area contributed by atoms with Gasteiger partial charge in [0.15, 0.2) is 0 Å². The van der Waals surface area contributed by atoms with Crippen LogP contribution >= 0.6 is 22.6 Å². The summed E-state index contributed by atoms with van der Waals surface area (Å²) >= 11 is 2.28. The topological polar surface area (TPSA) is 17.8 Å². The van der Waals surface area contributed by atoms with Crippen LogP contribution in [-0.4, -0.2) is 9.78 Å². The van der Waals surface area contributed by atoms with Crippen molar-refractivity contribution in [3.63, 3.8) is 0 Å². The summed E-state index contributed by atoms with van der Waals surface area (Å²) in [6, 6.07) is 15.0. The third kappa shape index (κ3) is 2.90. The molecule has 100 valence electrons. The first-order valence-electron chi connectivity index (χ1n) is 6.24. The molecule has 0 bridgehead atoms. The van der Waals surface area contributed by atoms with Crippen LogP contribution in [0.4, 0.5) is 4.39 Å². The summed E-state index contributed by atoms with van der Waals surface area (Å²) in [5, 5.41) is 4.30. The van der Waals surface area contributed by atoms with Crippen molar-refractivity contribution in [2.24, 2.45) is 0 Å². The van der Waals surface area contributed by atoms with Crippen molar-refractivity contribution in [1.82, 2.24) is 9.78 Å². The molecule has 20 heavy (non-hydrogen) atoms. The van der Waals surface area contributed by atoms with Gasteiger partial charge < -0.3 is 0 Å². The maximum Gasteiger partial charge on any atom is 0.128 e. The van der Waals surface area contributed by atoms with Crippen LogP contribution in [0.15, 0.2) is 60.9 Å². The molecule has 3 aromatic rings. The molecule has 0 N–H and O–H groups in total. The molecule has 0 atom stereocenters. The van der Waals surface area contributed by atoms with Gasteiger partial charge in [-0.2, -0.15) is 5.10 Å². The smallest absolute Gasteiger partial charge is 0.128 e. The van der Waals surface area contributed by atoms with Crippen molar-refractivity contribution in [3.8, 4) is 11.1 Å². The first kappa shape index (κ1) is 13.3. The van der Waals surface area contributed by atoms with Crippen LogP contribution < -0.4 is 0 Å². The van der Waals surface area contributed by atoms with Gasteiger partial charge in [-0.25, -0.2) is 4.39 Å². The number of hydrogen-bond donors (Lipinski definition) is 0. The summed E-state index contributed by atoms with van der Waals surface area (Å²) in [5.41, 5.74) is 2.80. The molecule has 0 spiro atoms. The number of nitrogens with zero attached hydrogens (tertiary/aromatic N) is 2. The molecule has 2 nitrogen and oxygen atoms in total. The van der Waals surface area contributed by atoms with Gasteiger partial charge in [0.2, 0.25) is 0 Å². The predicted molar refractivity (Wildman–Crippen MR) is 85.9 cm³/mol. The minimum Gasteiger partial charge on any atom is -0.268 e. The fourth-order valence-electron chi connectivity index (χ4n) is 2.04. The molecule has 3 rings (SSSR count). The summed E-state index contributed by atoms with van der Waals surface area (Å²) in [4.78, 5) is 0. The van der Waals surface area contributed by atoms with Crippen LogP contribution in [0.5, 0.6) is 0 Å². The molecule has 1 aromatic heterocycles. The zero-order valence-corrected chi connectivity index (χ0v) is 12.8. The first-order valence-corrected chi connectivity index (χ1v) is 7.32. The summed E-state index contributed by atoms with van der Waals surface area (Å²) in [6.07, 6.45) is 3.75. The Morgan fingerprint density at radius 3 is 2.50 bits per heavy atom. The van der Waals surface area contributed by atoms with E-state index >= 15 is 0 Å². The van der Waals surface area contributed by atoms with Crippen LogP contribution in [0.2, 0.25) is 0 Å². The van der Waals surface area contributed by atoms with E-state index < -0.39 is 0 Å². The molecule has 0 fully saturated rings.